The molecule has 2 aromatic carbocycles. The first-order valence-electron chi connectivity index (χ1n) is 9.34. The van der Waals surface area contributed by atoms with Gasteiger partial charge in [-0.1, -0.05) is 6.07 Å². The summed E-state index contributed by atoms with van der Waals surface area (Å²) in [6, 6.07) is 9.74. The minimum Gasteiger partial charge on any atom is -0.322 e. The van der Waals surface area contributed by atoms with Gasteiger partial charge in [0.25, 0.3) is 5.91 Å². The first kappa shape index (κ1) is 21.4. The molecule has 0 atom stereocenters. The molecule has 1 aliphatic carbocycles. The number of amides is 1. The van der Waals surface area contributed by atoms with Gasteiger partial charge in [-0.15, -0.1) is 0 Å². The molecule has 1 aliphatic rings. The number of hydrogen-bond acceptors (Lipinski definition) is 3. The largest absolute Gasteiger partial charge is 0.322 e. The van der Waals surface area contributed by atoms with E-state index in [-0.39, 0.29) is 47.8 Å². The number of carbonyl (C=O) groups is 1. The second-order valence-electron chi connectivity index (χ2n) is 7.53. The molecule has 1 saturated carbocycles. The number of hydrogen-bond donors (Lipinski definition) is 1. The van der Waals surface area contributed by atoms with E-state index >= 15 is 0 Å². The average molecular weight is 425 g/mol. The SMILES string of the molecule is Cc1cc(NC(=O)c2cccc(S(=O)(=O)CC3CCC(F)(F)CC3)c2)ccc1F. The number of sulfone groups is 1. The molecule has 0 radical (unpaired) electrons. The van der Waals surface area contributed by atoms with Gasteiger partial charge in [-0.05, 0) is 67.6 Å². The number of carbonyl (C=O) groups excluding carboxylic acids is 1. The molecule has 0 saturated heterocycles. The quantitative estimate of drug-likeness (QED) is 0.734. The first-order valence-corrected chi connectivity index (χ1v) is 11.0. The van der Waals surface area contributed by atoms with Crippen LogP contribution in [0.15, 0.2) is 47.4 Å². The molecule has 1 N–H and O–H groups in total. The van der Waals surface area contributed by atoms with E-state index in [0.29, 0.717) is 11.3 Å². The van der Waals surface area contributed by atoms with Crippen LogP contribution in [0.3, 0.4) is 0 Å². The zero-order chi connectivity index (χ0) is 21.2. The van der Waals surface area contributed by atoms with Crippen LogP contribution < -0.4 is 5.32 Å². The van der Waals surface area contributed by atoms with Crippen molar-refractivity contribution in [2.24, 2.45) is 5.92 Å². The third-order valence-electron chi connectivity index (χ3n) is 5.16. The Kier molecular flexibility index (Phi) is 6.03. The van der Waals surface area contributed by atoms with Crippen LogP contribution in [0.4, 0.5) is 18.9 Å². The Balaban J connectivity index is 1.72. The van der Waals surface area contributed by atoms with Gasteiger partial charge >= 0.3 is 0 Å². The number of rotatable bonds is 5. The van der Waals surface area contributed by atoms with E-state index in [1.54, 1.807) is 6.92 Å². The molecule has 29 heavy (non-hydrogen) atoms. The molecule has 0 heterocycles. The van der Waals surface area contributed by atoms with E-state index in [0.717, 1.165) is 0 Å². The Morgan fingerprint density at radius 3 is 2.48 bits per heavy atom. The Hall–Kier alpha value is -2.35. The van der Waals surface area contributed by atoms with Gasteiger partial charge in [0.2, 0.25) is 5.92 Å². The second-order valence-corrected chi connectivity index (χ2v) is 9.56. The topological polar surface area (TPSA) is 63.2 Å². The maximum Gasteiger partial charge on any atom is 0.255 e. The number of anilines is 1. The Bertz CT molecular complexity index is 1010. The molecule has 0 aliphatic heterocycles. The van der Waals surface area contributed by atoms with Gasteiger partial charge < -0.3 is 5.32 Å². The molecule has 2 aromatic rings. The van der Waals surface area contributed by atoms with Crippen LogP contribution in [0.5, 0.6) is 0 Å². The van der Waals surface area contributed by atoms with Gasteiger partial charge in [0.05, 0.1) is 10.6 Å². The molecule has 4 nitrogen and oxygen atoms in total. The molecule has 0 unspecified atom stereocenters. The fourth-order valence-corrected chi connectivity index (χ4v) is 5.17. The summed E-state index contributed by atoms with van der Waals surface area (Å²) in [5.74, 6) is -4.16. The van der Waals surface area contributed by atoms with Crippen LogP contribution in [-0.4, -0.2) is 26.0 Å². The summed E-state index contributed by atoms with van der Waals surface area (Å²) in [6.07, 6.45) is -0.272. The van der Waals surface area contributed by atoms with E-state index < -0.39 is 27.5 Å². The van der Waals surface area contributed by atoms with E-state index in [4.69, 9.17) is 0 Å². The number of benzene rings is 2. The Morgan fingerprint density at radius 1 is 1.14 bits per heavy atom. The molecule has 156 valence electrons. The third-order valence-corrected chi connectivity index (χ3v) is 7.05. The summed E-state index contributed by atoms with van der Waals surface area (Å²) in [7, 11) is -3.71. The van der Waals surface area contributed by atoms with E-state index in [1.165, 1.54) is 42.5 Å². The summed E-state index contributed by atoms with van der Waals surface area (Å²) < 4.78 is 65.4. The normalized spacial score (nSPS) is 17.1. The van der Waals surface area contributed by atoms with Crippen molar-refractivity contribution in [2.45, 2.75) is 43.4 Å². The lowest BCUT2D eigenvalue weighted by Gasteiger charge is -2.27. The minimum absolute atomic E-state index is 0.0160. The molecule has 0 spiro atoms. The lowest BCUT2D eigenvalue weighted by atomic mass is 9.88. The first-order chi connectivity index (χ1) is 13.6. The summed E-state index contributed by atoms with van der Waals surface area (Å²) >= 11 is 0. The van der Waals surface area contributed by atoms with Crippen molar-refractivity contribution in [3.63, 3.8) is 0 Å². The second kappa shape index (κ2) is 8.18. The number of halogens is 3. The molecular weight excluding hydrogens is 403 g/mol. The van der Waals surface area contributed by atoms with Crippen molar-refractivity contribution < 1.29 is 26.4 Å². The molecule has 0 aromatic heterocycles. The van der Waals surface area contributed by atoms with Crippen molar-refractivity contribution >= 4 is 21.4 Å². The van der Waals surface area contributed by atoms with Crippen LogP contribution in [0.25, 0.3) is 0 Å². The van der Waals surface area contributed by atoms with Crippen LogP contribution in [-0.2, 0) is 9.84 Å². The van der Waals surface area contributed by atoms with Crippen LogP contribution in [0.1, 0.15) is 41.6 Å². The molecular formula is C21H22F3NO3S. The van der Waals surface area contributed by atoms with E-state index in [9.17, 15) is 26.4 Å². The monoisotopic (exact) mass is 425 g/mol. The number of alkyl halides is 2. The maximum atomic E-state index is 13.4. The van der Waals surface area contributed by atoms with Crippen molar-refractivity contribution in [3.8, 4) is 0 Å². The van der Waals surface area contributed by atoms with E-state index in [2.05, 4.69) is 5.32 Å². The molecule has 1 fully saturated rings. The van der Waals surface area contributed by atoms with Crippen molar-refractivity contribution in [1.29, 1.82) is 0 Å². The number of aryl methyl sites for hydroxylation is 1. The van der Waals surface area contributed by atoms with Gasteiger partial charge in [-0.2, -0.15) is 0 Å². The lowest BCUT2D eigenvalue weighted by Crippen LogP contribution is -2.28. The highest BCUT2D eigenvalue weighted by Crippen LogP contribution is 2.37. The highest BCUT2D eigenvalue weighted by atomic mass is 32.2. The van der Waals surface area contributed by atoms with Gasteiger partial charge in [0.1, 0.15) is 5.82 Å². The predicted molar refractivity (Wildman–Crippen MR) is 104 cm³/mol. The van der Waals surface area contributed by atoms with Gasteiger partial charge in [0.15, 0.2) is 9.84 Å². The molecule has 8 heteroatoms. The highest BCUT2D eigenvalue weighted by molar-refractivity contribution is 7.91. The molecule has 3 rings (SSSR count). The molecule has 1 amide bonds. The fraction of sp³-hybridized carbons (Fsp3) is 0.381. The fourth-order valence-electron chi connectivity index (χ4n) is 3.43. The summed E-state index contributed by atoms with van der Waals surface area (Å²) in [6.45, 7) is 1.57. The average Bonchev–Trinajstić information content (AvgIpc) is 2.66. The predicted octanol–water partition coefficient (Wildman–Crippen LogP) is 4.99. The molecule has 0 bridgehead atoms. The van der Waals surface area contributed by atoms with Crippen LogP contribution in [0.2, 0.25) is 0 Å². The Morgan fingerprint density at radius 2 is 1.83 bits per heavy atom. The van der Waals surface area contributed by atoms with Crippen molar-refractivity contribution in [3.05, 3.63) is 59.4 Å². The smallest absolute Gasteiger partial charge is 0.255 e. The van der Waals surface area contributed by atoms with Gasteiger partial charge in [-0.3, -0.25) is 4.79 Å². The third kappa shape index (κ3) is 5.38. The number of nitrogens with one attached hydrogen (secondary N) is 1. The lowest BCUT2D eigenvalue weighted by molar-refractivity contribution is -0.0435. The zero-order valence-electron chi connectivity index (χ0n) is 15.9. The highest BCUT2D eigenvalue weighted by Gasteiger charge is 2.36. The van der Waals surface area contributed by atoms with Crippen molar-refractivity contribution in [2.75, 3.05) is 11.1 Å². The summed E-state index contributed by atoms with van der Waals surface area (Å²) in [5.41, 5.74) is 0.908. The van der Waals surface area contributed by atoms with Crippen LogP contribution >= 0.6 is 0 Å². The Labute approximate surface area is 168 Å². The zero-order valence-corrected chi connectivity index (χ0v) is 16.7. The van der Waals surface area contributed by atoms with Gasteiger partial charge in [-0.25, -0.2) is 21.6 Å². The van der Waals surface area contributed by atoms with Crippen LogP contribution in [0, 0.1) is 18.7 Å². The van der Waals surface area contributed by atoms with Gasteiger partial charge in [0, 0.05) is 24.1 Å². The van der Waals surface area contributed by atoms with Crippen molar-refractivity contribution in [1.82, 2.24) is 0 Å². The minimum atomic E-state index is -3.71. The summed E-state index contributed by atoms with van der Waals surface area (Å²) in [5, 5.41) is 2.61. The standard InChI is InChI=1S/C21H22F3NO3S/c1-14-11-17(5-6-19(14)22)25-20(26)16-3-2-4-18(12-16)29(27,28)13-15-7-9-21(23,24)10-8-15/h2-6,11-12,15H,7-10,13H2,1H3,(H,25,26). The van der Waals surface area contributed by atoms with E-state index in [1.807, 2.05) is 0 Å². The summed E-state index contributed by atoms with van der Waals surface area (Å²) in [4.78, 5) is 12.5. The maximum absolute atomic E-state index is 13.4.